The van der Waals surface area contributed by atoms with Crippen molar-refractivity contribution >= 4 is 11.7 Å². The van der Waals surface area contributed by atoms with Crippen LogP contribution in [0.5, 0.6) is 5.75 Å². The average Bonchev–Trinajstić information content (AvgIpc) is 2.60. The SMILES string of the molecule is CC#CN(C)c1cc(C(=O)OC)cc(-c2ccc(OC(F)(F)F)cc2F)c1C. The molecule has 0 N–H and O–H groups in total. The first-order valence-corrected chi connectivity index (χ1v) is 8.02. The van der Waals surface area contributed by atoms with Crippen LogP contribution in [0.1, 0.15) is 22.8 Å². The van der Waals surface area contributed by atoms with E-state index in [0.717, 1.165) is 12.1 Å². The van der Waals surface area contributed by atoms with E-state index in [1.54, 1.807) is 31.9 Å². The van der Waals surface area contributed by atoms with E-state index < -0.39 is 23.9 Å². The summed E-state index contributed by atoms with van der Waals surface area (Å²) in [7, 11) is 2.88. The Bertz CT molecular complexity index is 958. The normalized spacial score (nSPS) is 10.7. The summed E-state index contributed by atoms with van der Waals surface area (Å²) in [6.45, 7) is 3.33. The summed E-state index contributed by atoms with van der Waals surface area (Å²) in [4.78, 5) is 13.6. The highest BCUT2D eigenvalue weighted by Crippen LogP contribution is 2.35. The highest BCUT2D eigenvalue weighted by Gasteiger charge is 2.31. The molecule has 2 aromatic rings. The third kappa shape index (κ3) is 4.74. The average molecular weight is 395 g/mol. The van der Waals surface area contributed by atoms with Gasteiger partial charge in [0, 0.05) is 24.7 Å². The lowest BCUT2D eigenvalue weighted by molar-refractivity contribution is -0.274. The molecule has 2 aromatic carbocycles. The second-order valence-electron chi connectivity index (χ2n) is 5.77. The van der Waals surface area contributed by atoms with Crippen LogP contribution in [0.4, 0.5) is 23.2 Å². The molecule has 28 heavy (non-hydrogen) atoms. The van der Waals surface area contributed by atoms with Crippen LogP contribution in [-0.4, -0.2) is 26.5 Å². The molecule has 4 nitrogen and oxygen atoms in total. The minimum absolute atomic E-state index is 0.0110. The third-order valence-corrected chi connectivity index (χ3v) is 3.91. The Labute approximate surface area is 159 Å². The fourth-order valence-corrected chi connectivity index (χ4v) is 2.70. The van der Waals surface area contributed by atoms with E-state index in [4.69, 9.17) is 4.74 Å². The number of carbonyl (C=O) groups is 1. The van der Waals surface area contributed by atoms with Gasteiger partial charge in [-0.1, -0.05) is 5.92 Å². The van der Waals surface area contributed by atoms with E-state index in [-0.39, 0.29) is 11.1 Å². The highest BCUT2D eigenvalue weighted by molar-refractivity contribution is 5.94. The molecule has 0 radical (unpaired) electrons. The molecule has 0 bridgehead atoms. The summed E-state index contributed by atoms with van der Waals surface area (Å²) in [5.74, 6) is 0.472. The second-order valence-corrected chi connectivity index (χ2v) is 5.77. The number of esters is 1. The number of ether oxygens (including phenoxy) is 2. The Kier molecular flexibility index (Phi) is 6.19. The zero-order chi connectivity index (χ0) is 21.1. The van der Waals surface area contributed by atoms with Gasteiger partial charge >= 0.3 is 12.3 Å². The minimum Gasteiger partial charge on any atom is -0.465 e. The molecule has 0 saturated carbocycles. The monoisotopic (exact) mass is 395 g/mol. The maximum Gasteiger partial charge on any atom is 0.573 e. The summed E-state index contributed by atoms with van der Waals surface area (Å²) in [5.41, 5.74) is 1.59. The van der Waals surface area contributed by atoms with Crippen molar-refractivity contribution in [3.63, 3.8) is 0 Å². The number of methoxy groups -OCH3 is 1. The van der Waals surface area contributed by atoms with Crippen molar-refractivity contribution in [2.45, 2.75) is 20.2 Å². The molecule has 0 unspecified atom stereocenters. The van der Waals surface area contributed by atoms with Crippen molar-refractivity contribution in [3.8, 4) is 28.8 Å². The van der Waals surface area contributed by atoms with Crippen LogP contribution in [-0.2, 0) is 4.74 Å². The number of nitrogens with zero attached hydrogens (tertiary/aromatic N) is 1. The summed E-state index contributed by atoms with van der Waals surface area (Å²) >= 11 is 0. The van der Waals surface area contributed by atoms with Gasteiger partial charge in [0.15, 0.2) is 0 Å². The number of carbonyl (C=O) groups excluding carboxylic acids is 1. The van der Waals surface area contributed by atoms with Gasteiger partial charge in [-0.2, -0.15) is 0 Å². The lowest BCUT2D eigenvalue weighted by Gasteiger charge is -2.19. The van der Waals surface area contributed by atoms with Crippen LogP contribution in [0.25, 0.3) is 11.1 Å². The van der Waals surface area contributed by atoms with Crippen LogP contribution in [0.2, 0.25) is 0 Å². The van der Waals surface area contributed by atoms with E-state index in [1.807, 2.05) is 0 Å². The quantitative estimate of drug-likeness (QED) is 0.319. The number of anilines is 1. The first-order valence-electron chi connectivity index (χ1n) is 8.02. The first-order chi connectivity index (χ1) is 13.1. The molecule has 0 amide bonds. The summed E-state index contributed by atoms with van der Waals surface area (Å²) in [6, 6.07) is 8.58. The topological polar surface area (TPSA) is 38.8 Å². The van der Waals surface area contributed by atoms with Gasteiger partial charge in [0.05, 0.1) is 18.4 Å². The summed E-state index contributed by atoms with van der Waals surface area (Å²) in [5, 5.41) is 0. The van der Waals surface area contributed by atoms with Crippen molar-refractivity contribution in [1.82, 2.24) is 0 Å². The Morgan fingerprint density at radius 3 is 2.36 bits per heavy atom. The maximum atomic E-state index is 14.6. The molecule has 0 aliphatic rings. The molecule has 0 fully saturated rings. The van der Waals surface area contributed by atoms with Gasteiger partial charge in [0.2, 0.25) is 0 Å². The van der Waals surface area contributed by atoms with Crippen molar-refractivity contribution in [2.75, 3.05) is 19.1 Å². The molecule has 0 aliphatic heterocycles. The van der Waals surface area contributed by atoms with Crippen LogP contribution in [0.3, 0.4) is 0 Å². The van der Waals surface area contributed by atoms with E-state index >= 15 is 0 Å². The van der Waals surface area contributed by atoms with E-state index in [9.17, 15) is 22.4 Å². The largest absolute Gasteiger partial charge is 0.573 e. The lowest BCUT2D eigenvalue weighted by Crippen LogP contribution is -2.17. The summed E-state index contributed by atoms with van der Waals surface area (Å²) in [6.07, 6.45) is -4.93. The van der Waals surface area contributed by atoms with Crippen molar-refractivity contribution in [1.29, 1.82) is 0 Å². The van der Waals surface area contributed by atoms with Gasteiger partial charge in [-0.25, -0.2) is 9.18 Å². The molecule has 0 atom stereocenters. The fraction of sp³-hybridized carbons (Fsp3) is 0.250. The third-order valence-electron chi connectivity index (χ3n) is 3.91. The Morgan fingerprint density at radius 2 is 1.82 bits per heavy atom. The molecular weight excluding hydrogens is 378 g/mol. The smallest absolute Gasteiger partial charge is 0.465 e. The zero-order valence-electron chi connectivity index (χ0n) is 15.6. The highest BCUT2D eigenvalue weighted by atomic mass is 19.4. The van der Waals surface area contributed by atoms with E-state index in [1.165, 1.54) is 13.2 Å². The van der Waals surface area contributed by atoms with Crippen molar-refractivity contribution in [2.24, 2.45) is 0 Å². The molecule has 0 spiro atoms. The van der Waals surface area contributed by atoms with Gasteiger partial charge < -0.3 is 14.4 Å². The summed E-state index contributed by atoms with van der Waals surface area (Å²) < 4.78 is 60.1. The standard InChI is InChI=1S/C20H17F4NO3/c1-5-8-25(3)18-10-13(19(26)27-4)9-16(12(18)2)15-7-6-14(11-17(15)21)28-20(22,23)24/h6-7,9-11H,1-4H3. The van der Waals surface area contributed by atoms with E-state index in [2.05, 4.69) is 16.7 Å². The zero-order valence-corrected chi connectivity index (χ0v) is 15.6. The van der Waals surface area contributed by atoms with Gasteiger partial charge in [-0.05, 0) is 49.2 Å². The van der Waals surface area contributed by atoms with Crippen molar-refractivity contribution < 1.29 is 31.8 Å². The Hall–Kier alpha value is -3.21. The van der Waals surface area contributed by atoms with E-state index in [0.29, 0.717) is 22.9 Å². The number of hydrogen-bond donors (Lipinski definition) is 0. The Balaban J connectivity index is 2.64. The molecular formula is C20H17F4NO3. The van der Waals surface area contributed by atoms with Crippen LogP contribution >= 0.6 is 0 Å². The molecule has 8 heteroatoms. The number of rotatable bonds is 4. The minimum atomic E-state index is -4.93. The number of hydrogen-bond acceptors (Lipinski definition) is 4. The van der Waals surface area contributed by atoms with Crippen LogP contribution in [0, 0.1) is 24.7 Å². The predicted octanol–water partition coefficient (Wildman–Crippen LogP) is 4.90. The lowest BCUT2D eigenvalue weighted by atomic mass is 9.95. The number of alkyl halides is 3. The maximum absolute atomic E-state index is 14.6. The Morgan fingerprint density at radius 1 is 1.14 bits per heavy atom. The van der Waals surface area contributed by atoms with Gasteiger partial charge in [-0.3, -0.25) is 0 Å². The number of halogens is 4. The fourth-order valence-electron chi connectivity index (χ4n) is 2.70. The molecule has 148 valence electrons. The van der Waals surface area contributed by atoms with Crippen LogP contribution in [0.15, 0.2) is 30.3 Å². The second kappa shape index (κ2) is 8.21. The van der Waals surface area contributed by atoms with Crippen molar-refractivity contribution in [3.05, 3.63) is 47.3 Å². The van der Waals surface area contributed by atoms with Crippen LogP contribution < -0.4 is 9.64 Å². The predicted molar refractivity (Wildman–Crippen MR) is 96.4 cm³/mol. The van der Waals surface area contributed by atoms with Gasteiger partial charge in [0.1, 0.15) is 11.6 Å². The number of benzene rings is 2. The molecule has 2 rings (SSSR count). The molecule has 0 saturated heterocycles. The van der Waals surface area contributed by atoms with Gasteiger partial charge in [0.25, 0.3) is 0 Å². The molecule has 0 aliphatic carbocycles. The van der Waals surface area contributed by atoms with Gasteiger partial charge in [-0.15, -0.1) is 13.2 Å². The molecule has 0 heterocycles. The molecule has 0 aromatic heterocycles. The first kappa shape index (κ1) is 21.1.